The quantitative estimate of drug-likeness (QED) is 0.669. The minimum Gasteiger partial charge on any atom is -0.399 e. The highest BCUT2D eigenvalue weighted by molar-refractivity contribution is 7.20. The van der Waals surface area contributed by atoms with Crippen LogP contribution in [0.1, 0.15) is 28.9 Å². The van der Waals surface area contributed by atoms with Gasteiger partial charge < -0.3 is 11.1 Å². The number of rotatable bonds is 3. The number of nitrogen functional groups attached to an aromatic ring is 1. The van der Waals surface area contributed by atoms with Gasteiger partial charge in [0.15, 0.2) is 0 Å². The van der Waals surface area contributed by atoms with Gasteiger partial charge in [-0.2, -0.15) is 0 Å². The van der Waals surface area contributed by atoms with Crippen molar-refractivity contribution in [3.8, 4) is 0 Å². The van der Waals surface area contributed by atoms with Crippen molar-refractivity contribution in [3.05, 3.63) is 41.3 Å². The molecule has 0 saturated heterocycles. The number of nitrogens with one attached hydrogen (secondary N) is 1. The number of fused-ring (bicyclic) bond motifs is 1. The molecule has 104 valence electrons. The fourth-order valence-electron chi connectivity index (χ4n) is 2.54. The lowest BCUT2D eigenvalue weighted by Gasteiger charge is -2.17. The van der Waals surface area contributed by atoms with E-state index >= 15 is 0 Å². The van der Waals surface area contributed by atoms with Gasteiger partial charge in [-0.15, -0.1) is 11.3 Å². The molecule has 1 amide bonds. The van der Waals surface area contributed by atoms with E-state index in [1.807, 2.05) is 24.3 Å². The lowest BCUT2D eigenvalue weighted by Crippen LogP contribution is -2.29. The largest absolute Gasteiger partial charge is 0.399 e. The Hall–Kier alpha value is -1.81. The predicted molar refractivity (Wildman–Crippen MR) is 85.1 cm³/mol. The molecule has 1 atom stereocenters. The molecule has 0 aliphatic heterocycles. The number of anilines is 1. The minimum absolute atomic E-state index is 0.0272. The van der Waals surface area contributed by atoms with E-state index in [0.29, 0.717) is 5.92 Å². The molecular weight excluding hydrogens is 268 g/mol. The summed E-state index contributed by atoms with van der Waals surface area (Å²) in [5.74, 6) is 0.605. The van der Waals surface area contributed by atoms with Gasteiger partial charge in [-0.05, 0) is 54.8 Å². The molecule has 1 aromatic heterocycles. The Bertz CT molecular complexity index is 660. The Morgan fingerprint density at radius 1 is 1.35 bits per heavy atom. The van der Waals surface area contributed by atoms with Crippen LogP contribution in [0.3, 0.4) is 0 Å². The second-order valence-electron chi connectivity index (χ2n) is 5.27. The van der Waals surface area contributed by atoms with Crippen LogP contribution >= 0.6 is 11.3 Å². The Balaban J connectivity index is 1.67. The minimum atomic E-state index is 0.0272. The molecule has 0 radical (unpaired) electrons. The van der Waals surface area contributed by atoms with Gasteiger partial charge in [-0.25, -0.2) is 0 Å². The monoisotopic (exact) mass is 286 g/mol. The fraction of sp³-hybridized carbons (Fsp3) is 0.312. The molecule has 2 aromatic rings. The molecule has 1 heterocycles. The maximum Gasteiger partial charge on any atom is 0.261 e. The first-order chi connectivity index (χ1) is 9.72. The van der Waals surface area contributed by atoms with E-state index < -0.39 is 0 Å². The van der Waals surface area contributed by atoms with Crippen LogP contribution in [0.4, 0.5) is 5.69 Å². The summed E-state index contributed by atoms with van der Waals surface area (Å²) in [4.78, 5) is 13.0. The molecule has 0 spiro atoms. The normalized spacial score (nSPS) is 18.3. The van der Waals surface area contributed by atoms with Gasteiger partial charge in [0.05, 0.1) is 4.88 Å². The first-order valence-electron chi connectivity index (χ1n) is 6.94. The van der Waals surface area contributed by atoms with E-state index in [1.54, 1.807) is 0 Å². The summed E-state index contributed by atoms with van der Waals surface area (Å²) >= 11 is 1.52. The summed E-state index contributed by atoms with van der Waals surface area (Å²) in [6.07, 6.45) is 7.79. The Morgan fingerprint density at radius 3 is 3.05 bits per heavy atom. The summed E-state index contributed by atoms with van der Waals surface area (Å²) in [6, 6.07) is 7.67. The fourth-order valence-corrected chi connectivity index (χ4v) is 3.50. The molecular formula is C16H18N2OS. The summed E-state index contributed by atoms with van der Waals surface area (Å²) in [7, 11) is 0. The van der Waals surface area contributed by atoms with Gasteiger partial charge in [0.2, 0.25) is 0 Å². The third-order valence-electron chi connectivity index (χ3n) is 3.69. The highest BCUT2D eigenvalue weighted by Crippen LogP contribution is 2.27. The second kappa shape index (κ2) is 5.67. The van der Waals surface area contributed by atoms with Crippen molar-refractivity contribution in [2.24, 2.45) is 5.92 Å². The van der Waals surface area contributed by atoms with Crippen molar-refractivity contribution < 1.29 is 4.79 Å². The third-order valence-corrected chi connectivity index (χ3v) is 4.81. The first kappa shape index (κ1) is 13.2. The van der Waals surface area contributed by atoms with Gasteiger partial charge in [0, 0.05) is 16.9 Å². The second-order valence-corrected chi connectivity index (χ2v) is 6.35. The predicted octanol–water partition coefficient (Wildman–Crippen LogP) is 3.57. The molecule has 1 unspecified atom stereocenters. The number of amides is 1. The molecule has 1 aliphatic carbocycles. The summed E-state index contributed by atoms with van der Waals surface area (Å²) in [6.45, 7) is 0.763. The standard InChI is InChI=1S/C16H18N2OS/c17-13-6-7-14-12(8-13)9-15(20-14)16(19)18-10-11-4-2-1-3-5-11/h1-2,6-9,11H,3-5,10,17H2,(H,18,19). The van der Waals surface area contributed by atoms with Gasteiger partial charge in [-0.3, -0.25) is 4.79 Å². The Labute approximate surface area is 122 Å². The highest BCUT2D eigenvalue weighted by Gasteiger charge is 2.14. The van der Waals surface area contributed by atoms with Crippen LogP contribution < -0.4 is 11.1 Å². The lowest BCUT2D eigenvalue weighted by atomic mass is 9.94. The average Bonchev–Trinajstić information content (AvgIpc) is 2.89. The molecule has 20 heavy (non-hydrogen) atoms. The van der Waals surface area contributed by atoms with Gasteiger partial charge in [0.1, 0.15) is 0 Å². The van der Waals surface area contributed by atoms with E-state index in [2.05, 4.69) is 17.5 Å². The Kier molecular flexibility index (Phi) is 3.74. The maximum absolute atomic E-state index is 12.2. The van der Waals surface area contributed by atoms with E-state index in [9.17, 15) is 4.79 Å². The number of carbonyl (C=O) groups is 1. The molecule has 1 aliphatic rings. The molecule has 0 bridgehead atoms. The van der Waals surface area contributed by atoms with Crippen molar-refractivity contribution in [1.82, 2.24) is 5.32 Å². The third kappa shape index (κ3) is 2.85. The van der Waals surface area contributed by atoms with Crippen molar-refractivity contribution in [3.63, 3.8) is 0 Å². The van der Waals surface area contributed by atoms with E-state index in [4.69, 9.17) is 5.73 Å². The molecule has 3 rings (SSSR count). The average molecular weight is 286 g/mol. The van der Waals surface area contributed by atoms with Crippen LogP contribution in [-0.2, 0) is 0 Å². The van der Waals surface area contributed by atoms with Crippen molar-refractivity contribution >= 4 is 33.0 Å². The van der Waals surface area contributed by atoms with E-state index in [1.165, 1.54) is 17.8 Å². The van der Waals surface area contributed by atoms with Crippen molar-refractivity contribution in [2.75, 3.05) is 12.3 Å². The van der Waals surface area contributed by atoms with Crippen molar-refractivity contribution in [2.45, 2.75) is 19.3 Å². The number of carbonyl (C=O) groups excluding carboxylic acids is 1. The zero-order chi connectivity index (χ0) is 13.9. The first-order valence-corrected chi connectivity index (χ1v) is 7.76. The van der Waals surface area contributed by atoms with Gasteiger partial charge in [-0.1, -0.05) is 12.2 Å². The van der Waals surface area contributed by atoms with Crippen LogP contribution in [0.2, 0.25) is 0 Å². The van der Waals surface area contributed by atoms with Crippen LogP contribution in [0.5, 0.6) is 0 Å². The molecule has 1 aromatic carbocycles. The number of thiophene rings is 1. The lowest BCUT2D eigenvalue weighted by molar-refractivity contribution is 0.0950. The SMILES string of the molecule is Nc1ccc2sc(C(=O)NCC3CC=CCC3)cc2c1. The number of benzene rings is 1. The number of nitrogens with two attached hydrogens (primary N) is 1. The van der Waals surface area contributed by atoms with Crippen LogP contribution in [0.25, 0.3) is 10.1 Å². The maximum atomic E-state index is 12.2. The molecule has 3 N–H and O–H groups in total. The van der Waals surface area contributed by atoms with Crippen LogP contribution in [0.15, 0.2) is 36.4 Å². The van der Waals surface area contributed by atoms with E-state index in [0.717, 1.165) is 40.0 Å². The number of hydrogen-bond donors (Lipinski definition) is 2. The van der Waals surface area contributed by atoms with Crippen LogP contribution in [0, 0.1) is 5.92 Å². The summed E-state index contributed by atoms with van der Waals surface area (Å²) in [5.41, 5.74) is 6.50. The van der Waals surface area contributed by atoms with E-state index in [-0.39, 0.29) is 5.91 Å². The van der Waals surface area contributed by atoms with Crippen LogP contribution in [-0.4, -0.2) is 12.5 Å². The van der Waals surface area contributed by atoms with Crippen molar-refractivity contribution in [1.29, 1.82) is 0 Å². The number of allylic oxidation sites excluding steroid dienone is 2. The molecule has 0 saturated carbocycles. The summed E-state index contributed by atoms with van der Waals surface area (Å²) < 4.78 is 1.10. The zero-order valence-electron chi connectivity index (χ0n) is 11.3. The summed E-state index contributed by atoms with van der Waals surface area (Å²) in [5, 5.41) is 4.09. The molecule has 0 fully saturated rings. The topological polar surface area (TPSA) is 55.1 Å². The Morgan fingerprint density at radius 2 is 2.25 bits per heavy atom. The van der Waals surface area contributed by atoms with Gasteiger partial charge in [0.25, 0.3) is 5.91 Å². The highest BCUT2D eigenvalue weighted by atomic mass is 32.1. The zero-order valence-corrected chi connectivity index (χ0v) is 12.1. The van der Waals surface area contributed by atoms with Gasteiger partial charge >= 0.3 is 0 Å². The smallest absolute Gasteiger partial charge is 0.261 e. The molecule has 3 nitrogen and oxygen atoms in total. The molecule has 4 heteroatoms. The number of hydrogen-bond acceptors (Lipinski definition) is 3.